The average molecular weight is 297 g/mol. The Morgan fingerprint density at radius 1 is 1.14 bits per heavy atom. The third-order valence-corrected chi connectivity index (χ3v) is 5.19. The number of hydrogen-bond donors (Lipinski definition) is 1. The Morgan fingerprint density at radius 2 is 1.86 bits per heavy atom. The number of para-hydroxylation sites is 1. The molecular weight excluding hydrogens is 270 g/mol. The molecule has 1 fully saturated rings. The molecule has 0 atom stereocenters. The predicted molar refractivity (Wildman–Crippen MR) is 94.5 cm³/mol. The normalized spacial score (nSPS) is 17.8. The van der Waals surface area contributed by atoms with Crippen LogP contribution in [0.15, 0.2) is 30.3 Å². The Hall–Kier alpha value is -1.61. The fourth-order valence-electron chi connectivity index (χ4n) is 3.71. The zero-order valence-corrected chi connectivity index (χ0v) is 14.0. The molecule has 22 heavy (non-hydrogen) atoms. The van der Waals surface area contributed by atoms with Crippen LogP contribution >= 0.6 is 0 Å². The molecule has 0 saturated heterocycles. The van der Waals surface area contributed by atoms with E-state index in [4.69, 9.17) is 0 Å². The smallest absolute Gasteiger partial charge is 0.0725 e. The number of benzene rings is 1. The number of aryl methyl sites for hydroxylation is 1. The van der Waals surface area contributed by atoms with Crippen LogP contribution in [0.3, 0.4) is 0 Å². The van der Waals surface area contributed by atoms with Gasteiger partial charge in [0.2, 0.25) is 0 Å². The topological polar surface area (TPSA) is 28.2 Å². The summed E-state index contributed by atoms with van der Waals surface area (Å²) in [4.78, 5) is 7.06. The molecule has 0 unspecified atom stereocenters. The lowest BCUT2D eigenvalue weighted by Gasteiger charge is -2.43. The monoisotopic (exact) mass is 297 g/mol. The lowest BCUT2D eigenvalue weighted by Crippen LogP contribution is -2.50. The van der Waals surface area contributed by atoms with Gasteiger partial charge in [-0.25, -0.2) is 0 Å². The van der Waals surface area contributed by atoms with Crippen molar-refractivity contribution in [2.45, 2.75) is 44.6 Å². The molecule has 1 saturated carbocycles. The molecular formula is C19H27N3. The van der Waals surface area contributed by atoms with Gasteiger partial charge < -0.3 is 10.2 Å². The highest BCUT2D eigenvalue weighted by Gasteiger charge is 2.33. The van der Waals surface area contributed by atoms with Crippen LogP contribution in [0.2, 0.25) is 0 Å². The molecule has 1 aliphatic carbocycles. The number of hydrogen-bond acceptors (Lipinski definition) is 3. The van der Waals surface area contributed by atoms with Crippen molar-refractivity contribution >= 4 is 16.6 Å². The minimum Gasteiger partial charge on any atom is -0.383 e. The third-order valence-electron chi connectivity index (χ3n) is 5.19. The van der Waals surface area contributed by atoms with E-state index >= 15 is 0 Å². The maximum Gasteiger partial charge on any atom is 0.0725 e. The molecule has 1 N–H and O–H groups in total. The Balaban J connectivity index is 1.86. The number of aromatic nitrogens is 1. The first-order chi connectivity index (χ1) is 10.6. The van der Waals surface area contributed by atoms with Crippen molar-refractivity contribution in [1.82, 2.24) is 9.88 Å². The summed E-state index contributed by atoms with van der Waals surface area (Å²) in [6.07, 6.45) is 6.64. The Morgan fingerprint density at radius 3 is 2.59 bits per heavy atom. The van der Waals surface area contributed by atoms with Crippen molar-refractivity contribution < 1.29 is 0 Å². The van der Waals surface area contributed by atoms with Gasteiger partial charge in [0.25, 0.3) is 0 Å². The summed E-state index contributed by atoms with van der Waals surface area (Å²) in [5.74, 6) is 0. The van der Waals surface area contributed by atoms with Gasteiger partial charge in [-0.2, -0.15) is 0 Å². The first kappa shape index (κ1) is 15.3. The zero-order chi connectivity index (χ0) is 15.6. The number of nitrogens with zero attached hydrogens (tertiary/aromatic N) is 2. The van der Waals surface area contributed by atoms with Gasteiger partial charge in [-0.3, -0.25) is 4.98 Å². The van der Waals surface area contributed by atoms with Crippen LogP contribution in [0.25, 0.3) is 10.9 Å². The van der Waals surface area contributed by atoms with Crippen LogP contribution in [-0.2, 0) is 0 Å². The number of likely N-dealkylation sites (N-methyl/N-ethyl adjacent to an activating group) is 1. The molecule has 0 spiro atoms. The second kappa shape index (κ2) is 6.25. The van der Waals surface area contributed by atoms with Gasteiger partial charge in [0.15, 0.2) is 0 Å². The highest BCUT2D eigenvalue weighted by Crippen LogP contribution is 2.33. The summed E-state index contributed by atoms with van der Waals surface area (Å²) in [7, 11) is 4.45. The van der Waals surface area contributed by atoms with Gasteiger partial charge in [0, 0.05) is 28.9 Å². The molecule has 2 aromatic rings. The van der Waals surface area contributed by atoms with E-state index in [0.717, 1.165) is 17.8 Å². The van der Waals surface area contributed by atoms with Crippen molar-refractivity contribution in [1.29, 1.82) is 0 Å². The number of fused-ring (bicyclic) bond motifs is 1. The highest BCUT2D eigenvalue weighted by molar-refractivity contribution is 5.91. The summed E-state index contributed by atoms with van der Waals surface area (Å²) in [5, 5.41) is 4.96. The van der Waals surface area contributed by atoms with Gasteiger partial charge in [0.1, 0.15) is 0 Å². The molecule has 1 aromatic heterocycles. The van der Waals surface area contributed by atoms with Gasteiger partial charge in [-0.1, -0.05) is 37.5 Å². The van der Waals surface area contributed by atoms with Crippen molar-refractivity contribution in [3.63, 3.8) is 0 Å². The van der Waals surface area contributed by atoms with E-state index in [0.29, 0.717) is 0 Å². The molecule has 3 rings (SSSR count). The minimum atomic E-state index is 0.288. The lowest BCUT2D eigenvalue weighted by molar-refractivity contribution is 0.113. The molecule has 118 valence electrons. The summed E-state index contributed by atoms with van der Waals surface area (Å²) in [6.45, 7) is 3.08. The summed E-state index contributed by atoms with van der Waals surface area (Å²) < 4.78 is 0. The highest BCUT2D eigenvalue weighted by atomic mass is 15.2. The van der Waals surface area contributed by atoms with E-state index in [2.05, 4.69) is 66.6 Å². The molecule has 3 nitrogen and oxygen atoms in total. The summed E-state index contributed by atoms with van der Waals surface area (Å²) >= 11 is 0. The van der Waals surface area contributed by atoms with E-state index in [-0.39, 0.29) is 5.54 Å². The molecule has 0 radical (unpaired) electrons. The quantitative estimate of drug-likeness (QED) is 0.916. The van der Waals surface area contributed by atoms with Crippen LogP contribution in [0.5, 0.6) is 0 Å². The molecule has 0 aliphatic heterocycles. The maximum atomic E-state index is 4.63. The SMILES string of the molecule is Cc1cc(NCC2(N(C)C)CCCCC2)c2ccccc2n1. The molecule has 1 aliphatic rings. The molecule has 3 heteroatoms. The Labute approximate surface area is 133 Å². The van der Waals surface area contributed by atoms with Gasteiger partial charge in [0.05, 0.1) is 5.52 Å². The summed E-state index contributed by atoms with van der Waals surface area (Å²) in [5.41, 5.74) is 3.66. The zero-order valence-electron chi connectivity index (χ0n) is 14.0. The molecule has 0 amide bonds. The molecule has 1 aromatic carbocycles. The average Bonchev–Trinajstić information content (AvgIpc) is 2.53. The van der Waals surface area contributed by atoms with Crippen molar-refractivity contribution in [2.24, 2.45) is 0 Å². The Bertz CT molecular complexity index is 642. The van der Waals surface area contributed by atoms with Gasteiger partial charge in [-0.15, -0.1) is 0 Å². The predicted octanol–water partition coefficient (Wildman–Crippen LogP) is 4.22. The lowest BCUT2D eigenvalue weighted by atomic mass is 9.80. The van der Waals surface area contributed by atoms with Crippen molar-refractivity contribution in [2.75, 3.05) is 26.0 Å². The standard InChI is InChI=1S/C19H27N3/c1-15-13-18(16-9-5-6-10-17(16)21-15)20-14-19(22(2)3)11-7-4-8-12-19/h5-6,9-10,13H,4,7-8,11-12,14H2,1-3H3,(H,20,21). The van der Waals surface area contributed by atoms with Crippen LogP contribution in [0.4, 0.5) is 5.69 Å². The van der Waals surface area contributed by atoms with Gasteiger partial charge in [-0.05, 0) is 46.0 Å². The third kappa shape index (κ3) is 2.95. The second-order valence-corrected chi connectivity index (χ2v) is 6.86. The van der Waals surface area contributed by atoms with Crippen LogP contribution in [0.1, 0.15) is 37.8 Å². The van der Waals surface area contributed by atoms with Crippen LogP contribution in [0, 0.1) is 6.92 Å². The largest absolute Gasteiger partial charge is 0.383 e. The number of anilines is 1. The van der Waals surface area contributed by atoms with E-state index in [9.17, 15) is 0 Å². The van der Waals surface area contributed by atoms with Crippen LogP contribution in [-0.4, -0.2) is 36.1 Å². The van der Waals surface area contributed by atoms with E-state index < -0.39 is 0 Å². The van der Waals surface area contributed by atoms with E-state index in [1.165, 1.54) is 43.2 Å². The van der Waals surface area contributed by atoms with E-state index in [1.54, 1.807) is 0 Å². The summed E-state index contributed by atoms with van der Waals surface area (Å²) in [6, 6.07) is 10.6. The van der Waals surface area contributed by atoms with Crippen LogP contribution < -0.4 is 5.32 Å². The second-order valence-electron chi connectivity index (χ2n) is 6.86. The number of nitrogens with one attached hydrogen (secondary N) is 1. The molecule has 0 bridgehead atoms. The maximum absolute atomic E-state index is 4.63. The van der Waals surface area contributed by atoms with Crippen molar-refractivity contribution in [3.8, 4) is 0 Å². The van der Waals surface area contributed by atoms with E-state index in [1.807, 2.05) is 0 Å². The van der Waals surface area contributed by atoms with Crippen molar-refractivity contribution in [3.05, 3.63) is 36.0 Å². The Kier molecular flexibility index (Phi) is 4.34. The fraction of sp³-hybridized carbons (Fsp3) is 0.526. The number of pyridine rings is 1. The number of rotatable bonds is 4. The van der Waals surface area contributed by atoms with Gasteiger partial charge >= 0.3 is 0 Å². The fourth-order valence-corrected chi connectivity index (χ4v) is 3.71. The first-order valence-electron chi connectivity index (χ1n) is 8.38. The molecule has 1 heterocycles. The first-order valence-corrected chi connectivity index (χ1v) is 8.38. The minimum absolute atomic E-state index is 0.288.